The Morgan fingerprint density at radius 2 is 2.00 bits per heavy atom. The van der Waals surface area contributed by atoms with E-state index in [0.717, 1.165) is 18.2 Å². The van der Waals surface area contributed by atoms with E-state index in [9.17, 15) is 9.18 Å². The zero-order valence-corrected chi connectivity index (χ0v) is 12.4. The highest BCUT2D eigenvalue weighted by Gasteiger charge is 2.13. The molecule has 0 aromatic heterocycles. The van der Waals surface area contributed by atoms with Crippen molar-refractivity contribution in [2.45, 2.75) is 33.2 Å². The summed E-state index contributed by atoms with van der Waals surface area (Å²) in [5, 5.41) is 8.62. The molecule has 0 saturated heterocycles. The van der Waals surface area contributed by atoms with Crippen LogP contribution in [0.25, 0.3) is 6.08 Å². The maximum atomic E-state index is 13.6. The number of rotatable bonds is 6. The van der Waals surface area contributed by atoms with Gasteiger partial charge in [-0.2, -0.15) is 0 Å². The van der Waals surface area contributed by atoms with Gasteiger partial charge in [-0.3, -0.25) is 0 Å². The first-order chi connectivity index (χ1) is 9.29. The molecule has 0 spiro atoms. The highest BCUT2D eigenvalue weighted by atomic mass is 19.1. The molecule has 1 aromatic rings. The number of carbonyl (C=O) groups is 1. The van der Waals surface area contributed by atoms with Crippen LogP contribution in [0.2, 0.25) is 0 Å². The topological polar surface area (TPSA) is 40.5 Å². The van der Waals surface area contributed by atoms with Crippen molar-refractivity contribution in [1.82, 2.24) is 0 Å². The van der Waals surface area contributed by atoms with E-state index in [2.05, 4.69) is 20.8 Å². The van der Waals surface area contributed by atoms with Crippen LogP contribution in [-0.2, 0) is 4.79 Å². The fourth-order valence-electron chi connectivity index (χ4n) is 2.16. The number of halogens is 1. The van der Waals surface area contributed by atoms with Crippen LogP contribution in [0.5, 0.6) is 0 Å². The third-order valence-electron chi connectivity index (χ3n) is 3.20. The van der Waals surface area contributed by atoms with Gasteiger partial charge in [0.2, 0.25) is 0 Å². The minimum absolute atomic E-state index is 0.285. The van der Waals surface area contributed by atoms with Crippen LogP contribution >= 0.6 is 0 Å². The molecule has 0 amide bonds. The number of nitrogens with zero attached hydrogens (tertiary/aromatic N) is 1. The first-order valence-corrected chi connectivity index (χ1v) is 6.74. The Hall–Kier alpha value is -1.84. The third-order valence-corrected chi connectivity index (χ3v) is 3.20. The fraction of sp³-hybridized carbons (Fsp3) is 0.438. The number of hydrogen-bond donors (Lipinski definition) is 1. The molecule has 1 unspecified atom stereocenters. The van der Waals surface area contributed by atoms with Gasteiger partial charge in [0.05, 0.1) is 0 Å². The summed E-state index contributed by atoms with van der Waals surface area (Å²) in [5.74, 6) is -0.846. The van der Waals surface area contributed by atoms with Crippen molar-refractivity contribution < 1.29 is 14.3 Å². The van der Waals surface area contributed by atoms with Gasteiger partial charge in [-0.15, -0.1) is 0 Å². The molecule has 0 aliphatic heterocycles. The molecule has 0 radical (unpaired) electrons. The molecule has 0 bridgehead atoms. The van der Waals surface area contributed by atoms with Gasteiger partial charge >= 0.3 is 5.97 Å². The first kappa shape index (κ1) is 16.2. The predicted octanol–water partition coefficient (Wildman–Crippen LogP) is 3.79. The minimum atomic E-state index is -1.04. The lowest BCUT2D eigenvalue weighted by molar-refractivity contribution is -0.131. The van der Waals surface area contributed by atoms with Gasteiger partial charge in [0.15, 0.2) is 0 Å². The molecule has 20 heavy (non-hydrogen) atoms. The molecule has 3 nitrogen and oxygen atoms in total. The molecule has 0 heterocycles. The molecule has 0 aliphatic carbocycles. The number of aliphatic carboxylic acids is 1. The van der Waals surface area contributed by atoms with Gasteiger partial charge in [0.25, 0.3) is 0 Å². The van der Waals surface area contributed by atoms with Gasteiger partial charge in [-0.25, -0.2) is 9.18 Å². The first-order valence-electron chi connectivity index (χ1n) is 6.74. The van der Waals surface area contributed by atoms with Crippen molar-refractivity contribution in [2.75, 3.05) is 11.9 Å². The van der Waals surface area contributed by atoms with E-state index in [-0.39, 0.29) is 11.9 Å². The Bertz CT molecular complexity index is 497. The van der Waals surface area contributed by atoms with Crippen LogP contribution in [0.4, 0.5) is 10.1 Å². The van der Waals surface area contributed by atoms with E-state index in [1.54, 1.807) is 6.07 Å². The lowest BCUT2D eigenvalue weighted by atomic mass is 10.0. The maximum absolute atomic E-state index is 13.6. The number of hydrogen-bond acceptors (Lipinski definition) is 2. The number of benzene rings is 1. The molecule has 4 heteroatoms. The molecular formula is C16H22FNO2. The van der Waals surface area contributed by atoms with Gasteiger partial charge in [0.1, 0.15) is 5.82 Å². The molecular weight excluding hydrogens is 257 g/mol. The molecule has 1 rings (SSSR count). The molecule has 0 saturated carbocycles. The van der Waals surface area contributed by atoms with Crippen molar-refractivity contribution in [3.05, 3.63) is 35.7 Å². The van der Waals surface area contributed by atoms with Crippen LogP contribution in [0.1, 0.15) is 32.8 Å². The van der Waals surface area contributed by atoms with Crippen molar-refractivity contribution in [1.29, 1.82) is 0 Å². The predicted molar refractivity (Wildman–Crippen MR) is 80.4 cm³/mol. The third kappa shape index (κ3) is 5.03. The summed E-state index contributed by atoms with van der Waals surface area (Å²) >= 11 is 0. The summed E-state index contributed by atoms with van der Waals surface area (Å²) in [6.45, 7) is 6.39. The summed E-state index contributed by atoms with van der Waals surface area (Å²) in [6.07, 6.45) is 3.42. The molecule has 110 valence electrons. The van der Waals surface area contributed by atoms with Crippen molar-refractivity contribution in [3.63, 3.8) is 0 Å². The average molecular weight is 279 g/mol. The van der Waals surface area contributed by atoms with Gasteiger partial charge in [-0.1, -0.05) is 13.8 Å². The maximum Gasteiger partial charge on any atom is 0.328 e. The summed E-state index contributed by atoms with van der Waals surface area (Å²) in [7, 11) is 1.92. The van der Waals surface area contributed by atoms with Crippen LogP contribution < -0.4 is 4.90 Å². The zero-order chi connectivity index (χ0) is 15.3. The van der Waals surface area contributed by atoms with E-state index >= 15 is 0 Å². The second-order valence-corrected chi connectivity index (χ2v) is 5.50. The highest BCUT2D eigenvalue weighted by Crippen LogP contribution is 2.22. The average Bonchev–Trinajstić information content (AvgIpc) is 2.34. The highest BCUT2D eigenvalue weighted by molar-refractivity contribution is 5.85. The van der Waals surface area contributed by atoms with Crippen LogP contribution in [0, 0.1) is 11.7 Å². The van der Waals surface area contributed by atoms with Crippen molar-refractivity contribution >= 4 is 17.7 Å². The normalized spacial score (nSPS) is 12.9. The largest absolute Gasteiger partial charge is 0.478 e. The fourth-order valence-corrected chi connectivity index (χ4v) is 2.16. The van der Waals surface area contributed by atoms with Gasteiger partial charge in [-0.05, 0) is 49.1 Å². The van der Waals surface area contributed by atoms with Gasteiger partial charge in [0, 0.05) is 24.9 Å². The number of carboxylic acids is 1. The molecule has 1 aromatic carbocycles. The monoisotopic (exact) mass is 279 g/mol. The molecule has 1 atom stereocenters. The lowest BCUT2D eigenvalue weighted by Crippen LogP contribution is -2.30. The Kier molecular flexibility index (Phi) is 5.74. The lowest BCUT2D eigenvalue weighted by Gasteiger charge is -2.28. The van der Waals surface area contributed by atoms with Crippen LogP contribution in [-0.4, -0.2) is 24.2 Å². The number of anilines is 1. The van der Waals surface area contributed by atoms with Crippen LogP contribution in [0.15, 0.2) is 24.3 Å². The van der Waals surface area contributed by atoms with E-state index in [1.807, 2.05) is 11.9 Å². The smallest absolute Gasteiger partial charge is 0.328 e. The molecule has 0 fully saturated rings. The summed E-state index contributed by atoms with van der Waals surface area (Å²) < 4.78 is 13.6. The molecule has 1 N–H and O–H groups in total. The quantitative estimate of drug-likeness (QED) is 0.805. The summed E-state index contributed by atoms with van der Waals surface area (Å²) in [5.41, 5.74) is 1.30. The number of carboxylic acid groups (broad SMARTS) is 1. The second-order valence-electron chi connectivity index (χ2n) is 5.50. The minimum Gasteiger partial charge on any atom is -0.478 e. The Morgan fingerprint density at radius 1 is 1.35 bits per heavy atom. The standard InChI is InChI=1S/C16H22FNO2/c1-11(2)7-12(3)18(4)15-9-13(5-6-16(19)20)8-14(17)10-15/h5-6,8-12H,7H2,1-4H3,(H,19,20)/b6-5+. The second kappa shape index (κ2) is 7.08. The van der Waals surface area contributed by atoms with Crippen LogP contribution in [0.3, 0.4) is 0 Å². The SMILES string of the molecule is CC(C)CC(C)N(C)c1cc(F)cc(/C=C/C(=O)O)c1. The Labute approximate surface area is 119 Å². The van der Waals surface area contributed by atoms with E-state index in [4.69, 9.17) is 5.11 Å². The Balaban J connectivity index is 2.97. The summed E-state index contributed by atoms with van der Waals surface area (Å²) in [4.78, 5) is 12.5. The zero-order valence-electron chi connectivity index (χ0n) is 12.4. The van der Waals surface area contributed by atoms with Gasteiger partial charge < -0.3 is 10.0 Å². The van der Waals surface area contributed by atoms with Crippen molar-refractivity contribution in [3.8, 4) is 0 Å². The molecule has 0 aliphatic rings. The van der Waals surface area contributed by atoms with E-state index in [1.165, 1.54) is 18.2 Å². The van der Waals surface area contributed by atoms with E-state index < -0.39 is 5.97 Å². The Morgan fingerprint density at radius 3 is 2.55 bits per heavy atom. The van der Waals surface area contributed by atoms with Crippen molar-refractivity contribution in [2.24, 2.45) is 5.92 Å². The van der Waals surface area contributed by atoms with E-state index in [0.29, 0.717) is 11.5 Å². The summed E-state index contributed by atoms with van der Waals surface area (Å²) in [6, 6.07) is 4.87.